The molecule has 1 aromatic heterocycles. The first-order valence-electron chi connectivity index (χ1n) is 12.5. The normalized spacial score (nSPS) is 24.3. The molecule has 1 N–H and O–H groups in total. The number of amides is 1. The van der Waals surface area contributed by atoms with Gasteiger partial charge in [0, 0.05) is 23.6 Å². The van der Waals surface area contributed by atoms with Crippen molar-refractivity contribution in [1.29, 1.82) is 0 Å². The van der Waals surface area contributed by atoms with Crippen molar-refractivity contribution in [1.82, 2.24) is 9.55 Å². The number of carboxylic acids is 1. The highest BCUT2D eigenvalue weighted by Crippen LogP contribution is 2.43. The minimum absolute atomic E-state index is 0.0575. The van der Waals surface area contributed by atoms with Crippen LogP contribution < -0.4 is 4.90 Å². The lowest BCUT2D eigenvalue weighted by Crippen LogP contribution is -2.42. The first-order valence-corrected chi connectivity index (χ1v) is 12.5. The molecular formula is C28H33N3O4. The van der Waals surface area contributed by atoms with E-state index in [1.807, 2.05) is 31.2 Å². The molecule has 2 heterocycles. The van der Waals surface area contributed by atoms with E-state index in [1.54, 1.807) is 4.90 Å². The molecule has 5 rings (SSSR count). The van der Waals surface area contributed by atoms with Gasteiger partial charge in [0.2, 0.25) is 0 Å². The van der Waals surface area contributed by atoms with Crippen LogP contribution in [0.3, 0.4) is 0 Å². The molecule has 1 aliphatic carbocycles. The van der Waals surface area contributed by atoms with Gasteiger partial charge >= 0.3 is 12.1 Å². The van der Waals surface area contributed by atoms with Gasteiger partial charge in [0.25, 0.3) is 0 Å². The van der Waals surface area contributed by atoms with E-state index in [9.17, 15) is 14.7 Å². The first-order chi connectivity index (χ1) is 16.8. The van der Waals surface area contributed by atoms with Crippen LogP contribution in [-0.2, 0) is 27.9 Å². The van der Waals surface area contributed by atoms with Crippen LogP contribution in [-0.4, -0.2) is 39.9 Å². The summed E-state index contributed by atoms with van der Waals surface area (Å²) >= 11 is 0. The quantitative estimate of drug-likeness (QED) is 0.537. The number of imidazole rings is 1. The van der Waals surface area contributed by atoms with Crippen molar-refractivity contribution in [3.05, 3.63) is 59.4 Å². The molecule has 0 radical (unpaired) electrons. The largest absolute Gasteiger partial charge is 0.481 e. The van der Waals surface area contributed by atoms with Crippen LogP contribution >= 0.6 is 0 Å². The summed E-state index contributed by atoms with van der Waals surface area (Å²) in [6.45, 7) is 4.29. The molecule has 7 nitrogen and oxygen atoms in total. The average molecular weight is 476 g/mol. The summed E-state index contributed by atoms with van der Waals surface area (Å²) in [5.41, 5.74) is 4.93. The molecule has 2 aromatic carbocycles. The molecule has 0 saturated heterocycles. The molecule has 0 bridgehead atoms. The van der Waals surface area contributed by atoms with Crippen LogP contribution in [0.2, 0.25) is 0 Å². The van der Waals surface area contributed by atoms with Crippen LogP contribution in [0.5, 0.6) is 0 Å². The summed E-state index contributed by atoms with van der Waals surface area (Å²) in [6.07, 6.45) is 4.95. The Bertz CT molecular complexity index is 1260. The highest BCUT2D eigenvalue weighted by atomic mass is 16.5. The van der Waals surface area contributed by atoms with Crippen molar-refractivity contribution >= 4 is 28.8 Å². The van der Waals surface area contributed by atoms with Crippen molar-refractivity contribution in [2.75, 3.05) is 12.0 Å². The topological polar surface area (TPSA) is 84.7 Å². The fourth-order valence-corrected chi connectivity index (χ4v) is 6.01. The average Bonchev–Trinajstić information content (AvgIpc) is 3.23. The van der Waals surface area contributed by atoms with Gasteiger partial charge in [-0.15, -0.1) is 0 Å². The Kier molecular flexibility index (Phi) is 6.03. The monoisotopic (exact) mass is 475 g/mol. The van der Waals surface area contributed by atoms with E-state index in [4.69, 9.17) is 9.72 Å². The maximum Gasteiger partial charge on any atom is 0.414 e. The van der Waals surface area contributed by atoms with Gasteiger partial charge in [-0.05, 0) is 70.1 Å². The van der Waals surface area contributed by atoms with E-state index < -0.39 is 5.97 Å². The molecule has 2 aliphatic rings. The van der Waals surface area contributed by atoms with Crippen LogP contribution in [0.15, 0.2) is 42.5 Å². The predicted molar refractivity (Wildman–Crippen MR) is 135 cm³/mol. The fraction of sp³-hybridized carbons (Fsp3) is 0.464. The second kappa shape index (κ2) is 9.02. The van der Waals surface area contributed by atoms with Gasteiger partial charge in [0.15, 0.2) is 0 Å². The molecule has 35 heavy (non-hydrogen) atoms. The number of carbonyl (C=O) groups excluding carboxylic acids is 1. The molecule has 1 aliphatic heterocycles. The van der Waals surface area contributed by atoms with Crippen molar-refractivity contribution in [3.63, 3.8) is 0 Å². The van der Waals surface area contributed by atoms with E-state index >= 15 is 0 Å². The number of hydrogen-bond donors (Lipinski definition) is 1. The lowest BCUT2D eigenvalue weighted by molar-refractivity contribution is -0.143. The molecule has 1 saturated carbocycles. The number of rotatable bonds is 4. The number of nitrogens with zero attached hydrogens (tertiary/aromatic N) is 3. The molecular weight excluding hydrogens is 442 g/mol. The van der Waals surface area contributed by atoms with E-state index in [1.165, 1.54) is 12.7 Å². The van der Waals surface area contributed by atoms with Gasteiger partial charge in [0.1, 0.15) is 5.82 Å². The van der Waals surface area contributed by atoms with Crippen LogP contribution in [0, 0.1) is 5.92 Å². The van der Waals surface area contributed by atoms with Crippen LogP contribution in [0.4, 0.5) is 10.5 Å². The summed E-state index contributed by atoms with van der Waals surface area (Å²) in [5, 5.41) is 9.54. The molecule has 3 aromatic rings. The summed E-state index contributed by atoms with van der Waals surface area (Å²) in [6, 6.07) is 14.5. The van der Waals surface area contributed by atoms with Gasteiger partial charge in [-0.3, -0.25) is 9.69 Å². The predicted octanol–water partition coefficient (Wildman–Crippen LogP) is 5.52. The number of hydrogen-bond acceptors (Lipinski definition) is 4. The van der Waals surface area contributed by atoms with E-state index in [2.05, 4.69) is 29.7 Å². The lowest BCUT2D eigenvalue weighted by atomic mass is 9.77. The maximum atomic E-state index is 12.6. The number of aryl methyl sites for hydroxylation is 1. The second-order valence-electron chi connectivity index (χ2n) is 10.3. The number of methoxy groups -OCH3 is 1. The van der Waals surface area contributed by atoms with Crippen molar-refractivity contribution in [2.24, 2.45) is 5.92 Å². The SMILES string of the molecule is COC(=O)N1c2ccc3c(nc(Cc4ccccc4)n3C3(C)CCC(C(=O)O)CC3)c2CCC1C. The zero-order chi connectivity index (χ0) is 24.7. The Morgan fingerprint density at radius 2 is 1.83 bits per heavy atom. The zero-order valence-electron chi connectivity index (χ0n) is 20.7. The molecule has 1 fully saturated rings. The highest BCUT2D eigenvalue weighted by molar-refractivity contribution is 5.95. The number of ether oxygens (including phenoxy) is 1. The standard InChI is InChI=1S/C28H33N3O4/c1-18-9-10-21-22(30(18)27(34)35-3)11-12-23-25(21)29-24(17-19-7-5-4-6-8-19)31(23)28(2)15-13-20(14-16-28)26(32)33/h4-8,11-12,18,20H,9-10,13-17H2,1-3H3,(H,32,33). The number of benzene rings is 2. The fourth-order valence-electron chi connectivity index (χ4n) is 6.01. The molecule has 184 valence electrons. The number of aromatic nitrogens is 2. The number of aliphatic carboxylic acids is 1. The van der Waals surface area contributed by atoms with Gasteiger partial charge < -0.3 is 14.4 Å². The third kappa shape index (κ3) is 4.07. The minimum atomic E-state index is -0.696. The van der Waals surface area contributed by atoms with E-state index in [0.29, 0.717) is 19.3 Å². The highest BCUT2D eigenvalue weighted by Gasteiger charge is 2.39. The summed E-state index contributed by atoms with van der Waals surface area (Å²) in [5.74, 6) is 0.00977. The van der Waals surface area contributed by atoms with E-state index in [0.717, 1.165) is 53.8 Å². The van der Waals surface area contributed by atoms with Crippen LogP contribution in [0.1, 0.15) is 62.9 Å². The summed E-state index contributed by atoms with van der Waals surface area (Å²) < 4.78 is 7.46. The van der Waals surface area contributed by atoms with Crippen molar-refractivity contribution in [3.8, 4) is 0 Å². The Morgan fingerprint density at radius 3 is 2.49 bits per heavy atom. The smallest absolute Gasteiger partial charge is 0.414 e. The van der Waals surface area contributed by atoms with Gasteiger partial charge in [-0.2, -0.15) is 0 Å². The maximum absolute atomic E-state index is 12.6. The number of carboxylic acid groups (broad SMARTS) is 1. The van der Waals surface area contributed by atoms with Crippen molar-refractivity contribution in [2.45, 2.75) is 70.4 Å². The van der Waals surface area contributed by atoms with Gasteiger partial charge in [0.05, 0.1) is 29.7 Å². The Morgan fingerprint density at radius 1 is 1.11 bits per heavy atom. The van der Waals surface area contributed by atoms with Crippen molar-refractivity contribution < 1.29 is 19.4 Å². The lowest BCUT2D eigenvalue weighted by Gasteiger charge is -2.39. The molecule has 1 amide bonds. The first kappa shape index (κ1) is 23.4. The van der Waals surface area contributed by atoms with Crippen LogP contribution in [0.25, 0.3) is 11.0 Å². The van der Waals surface area contributed by atoms with E-state index in [-0.39, 0.29) is 23.6 Å². The zero-order valence-corrected chi connectivity index (χ0v) is 20.7. The third-order valence-electron chi connectivity index (χ3n) is 8.02. The minimum Gasteiger partial charge on any atom is -0.481 e. The summed E-state index contributed by atoms with van der Waals surface area (Å²) in [7, 11) is 1.42. The van der Waals surface area contributed by atoms with Gasteiger partial charge in [-0.25, -0.2) is 9.78 Å². The summed E-state index contributed by atoms with van der Waals surface area (Å²) in [4.78, 5) is 31.2. The molecule has 1 atom stereocenters. The Labute approximate surface area is 205 Å². The molecule has 0 spiro atoms. The molecule has 1 unspecified atom stereocenters. The number of anilines is 1. The third-order valence-corrected chi connectivity index (χ3v) is 8.02. The number of carbonyl (C=O) groups is 2. The number of fused-ring (bicyclic) bond motifs is 3. The Hall–Kier alpha value is -3.35. The Balaban J connectivity index is 1.65. The van der Waals surface area contributed by atoms with Gasteiger partial charge in [-0.1, -0.05) is 30.3 Å². The molecule has 7 heteroatoms. The second-order valence-corrected chi connectivity index (χ2v) is 10.3.